The zero-order valence-corrected chi connectivity index (χ0v) is 33.9. The fraction of sp³-hybridized carbons (Fsp3) is 0.319. The molecule has 0 aliphatic carbocycles. The lowest BCUT2D eigenvalue weighted by Crippen LogP contribution is -2.28. The lowest BCUT2D eigenvalue weighted by molar-refractivity contribution is -0.122. The molecule has 2 aromatic carbocycles. The Labute approximate surface area is 325 Å². The molecule has 0 bridgehead atoms. The second-order valence-electron chi connectivity index (χ2n) is 15.1. The van der Waals surface area contributed by atoms with Crippen LogP contribution in [-0.2, 0) is 22.4 Å². The number of carbonyl (C=O) groups is 2. The fourth-order valence-electron chi connectivity index (χ4n) is 7.77. The number of allylic oxidation sites excluding steroid dienone is 4. The maximum absolute atomic E-state index is 13.1. The summed E-state index contributed by atoms with van der Waals surface area (Å²) >= 11 is 0. The van der Waals surface area contributed by atoms with E-state index in [4.69, 9.17) is 9.98 Å². The topological polar surface area (TPSA) is 114 Å². The lowest BCUT2D eigenvalue weighted by atomic mass is 9.93. The van der Waals surface area contributed by atoms with Crippen molar-refractivity contribution in [3.8, 4) is 0 Å². The molecule has 2 aliphatic rings. The first kappa shape index (κ1) is 38.9. The van der Waals surface area contributed by atoms with Crippen LogP contribution in [-0.4, -0.2) is 33.2 Å². The minimum Gasteiger partial charge on any atom is -0.359 e. The van der Waals surface area contributed by atoms with Crippen molar-refractivity contribution in [1.82, 2.24) is 20.6 Å². The van der Waals surface area contributed by atoms with E-state index < -0.39 is 0 Å². The Kier molecular flexibility index (Phi) is 11.6. The summed E-state index contributed by atoms with van der Waals surface area (Å²) in [5.41, 5.74) is 18.8. The molecule has 4 N–H and O–H groups in total. The highest BCUT2D eigenvalue weighted by molar-refractivity contribution is 6.09. The Hall–Kier alpha value is -5.76. The highest BCUT2D eigenvalue weighted by Gasteiger charge is 2.26. The number of aliphatic imine (C=N–C) groups is 2. The van der Waals surface area contributed by atoms with Crippen molar-refractivity contribution in [1.29, 1.82) is 0 Å². The number of hydrogen-bond donors (Lipinski definition) is 4. The SMILES string of the molecule is CC1=N/C(=C\c2[nH]c(C)c(CC(=O)N[C@H](C)c3ccccc3)c2C)C(C)=C1CC1=C(C)/C(=C\c2[nH]c(C)c(CC(=O)N[C@H](C)c3ccccc3)c2C)N=C1C. The molecule has 0 unspecified atom stereocenters. The van der Waals surface area contributed by atoms with Crippen LogP contribution in [0.1, 0.15) is 116 Å². The summed E-state index contributed by atoms with van der Waals surface area (Å²) in [7, 11) is 0. The Morgan fingerprint density at radius 2 is 0.964 bits per heavy atom. The van der Waals surface area contributed by atoms with Crippen LogP contribution >= 0.6 is 0 Å². The first-order valence-corrected chi connectivity index (χ1v) is 19.2. The molecule has 0 fully saturated rings. The van der Waals surface area contributed by atoms with E-state index in [-0.39, 0.29) is 23.9 Å². The third-order valence-corrected chi connectivity index (χ3v) is 11.3. The molecule has 0 saturated heterocycles. The molecule has 8 nitrogen and oxygen atoms in total. The van der Waals surface area contributed by atoms with Gasteiger partial charge in [0.2, 0.25) is 11.8 Å². The number of carbonyl (C=O) groups excluding carboxylic acids is 2. The second-order valence-corrected chi connectivity index (χ2v) is 15.1. The van der Waals surface area contributed by atoms with Crippen LogP contribution in [0.5, 0.6) is 0 Å². The van der Waals surface area contributed by atoms with Crippen LogP contribution in [0.4, 0.5) is 0 Å². The van der Waals surface area contributed by atoms with E-state index >= 15 is 0 Å². The van der Waals surface area contributed by atoms with Gasteiger partial charge in [-0.3, -0.25) is 19.6 Å². The largest absolute Gasteiger partial charge is 0.359 e. The molecular formula is C47H54N6O2. The van der Waals surface area contributed by atoms with Crippen molar-refractivity contribution in [2.24, 2.45) is 9.98 Å². The van der Waals surface area contributed by atoms with Gasteiger partial charge in [0.15, 0.2) is 0 Å². The summed E-state index contributed by atoms with van der Waals surface area (Å²) in [6, 6.07) is 19.9. The van der Waals surface area contributed by atoms with Gasteiger partial charge in [-0.2, -0.15) is 0 Å². The number of benzene rings is 2. The maximum Gasteiger partial charge on any atom is 0.224 e. The van der Waals surface area contributed by atoms with E-state index in [1.807, 2.05) is 88.4 Å². The number of hydrogen-bond acceptors (Lipinski definition) is 4. The summed E-state index contributed by atoms with van der Waals surface area (Å²) in [6.07, 6.45) is 5.58. The predicted molar refractivity (Wildman–Crippen MR) is 226 cm³/mol. The molecule has 284 valence electrons. The molecule has 0 saturated carbocycles. The number of aromatic nitrogens is 2. The van der Waals surface area contributed by atoms with Crippen molar-refractivity contribution in [2.75, 3.05) is 0 Å². The molecule has 0 spiro atoms. The number of aromatic amines is 2. The molecule has 0 radical (unpaired) electrons. The molecule has 4 aromatic rings. The zero-order valence-electron chi connectivity index (χ0n) is 33.9. The maximum atomic E-state index is 13.1. The number of amides is 2. The van der Waals surface area contributed by atoms with Crippen molar-refractivity contribution in [2.45, 2.75) is 101 Å². The average Bonchev–Trinajstić information content (AvgIpc) is 3.78. The van der Waals surface area contributed by atoms with Crippen LogP contribution in [0.25, 0.3) is 12.2 Å². The quantitative estimate of drug-likeness (QED) is 0.116. The Bertz CT molecular complexity index is 2160. The summed E-state index contributed by atoms with van der Waals surface area (Å²) in [4.78, 5) is 43.2. The number of nitrogens with zero attached hydrogens (tertiary/aromatic N) is 2. The van der Waals surface area contributed by atoms with Crippen LogP contribution in [0.3, 0.4) is 0 Å². The van der Waals surface area contributed by atoms with E-state index in [2.05, 4.69) is 74.3 Å². The Morgan fingerprint density at radius 3 is 1.33 bits per heavy atom. The van der Waals surface area contributed by atoms with Gasteiger partial charge in [0, 0.05) is 40.6 Å². The Morgan fingerprint density at radius 1 is 0.600 bits per heavy atom. The smallest absolute Gasteiger partial charge is 0.224 e. The number of nitrogens with one attached hydrogen (secondary N) is 4. The standard InChI is InChI=1S/C47H54N6O2/c1-26-38(32(7)48-42(26)24-44-28(3)40(34(9)50-44)22-46(54)52-30(5)36-17-13-11-14-18-36)21-39-27(2)43(49-33(39)8)25-45-29(4)41(35(10)51-45)23-47(55)53-31(6)37-19-15-12-16-20-37/h11-20,24-25,30-31,50-51H,21-23H2,1-10H3,(H,52,54)(H,53,55)/b42-24-,43-25+/t30-,31-/m1/s1. The molecule has 4 heterocycles. The highest BCUT2D eigenvalue weighted by atomic mass is 16.2. The average molecular weight is 735 g/mol. The normalized spacial score (nSPS) is 16.9. The first-order valence-electron chi connectivity index (χ1n) is 19.2. The van der Waals surface area contributed by atoms with Gasteiger partial charge in [-0.25, -0.2) is 0 Å². The van der Waals surface area contributed by atoms with Crippen molar-refractivity contribution >= 4 is 35.4 Å². The monoisotopic (exact) mass is 734 g/mol. The van der Waals surface area contributed by atoms with Gasteiger partial charge in [0.05, 0.1) is 36.3 Å². The summed E-state index contributed by atoms with van der Waals surface area (Å²) < 4.78 is 0. The summed E-state index contributed by atoms with van der Waals surface area (Å²) in [6.45, 7) is 20.7. The molecule has 8 heteroatoms. The van der Waals surface area contributed by atoms with Gasteiger partial charge in [0.1, 0.15) is 0 Å². The molecular weight excluding hydrogens is 681 g/mol. The second kappa shape index (κ2) is 16.3. The van der Waals surface area contributed by atoms with Crippen LogP contribution in [0.2, 0.25) is 0 Å². The number of rotatable bonds is 12. The van der Waals surface area contributed by atoms with Crippen molar-refractivity contribution in [3.63, 3.8) is 0 Å². The molecule has 55 heavy (non-hydrogen) atoms. The minimum absolute atomic E-state index is 0.00175. The lowest BCUT2D eigenvalue weighted by Gasteiger charge is -2.14. The third kappa shape index (κ3) is 8.49. The zero-order chi connectivity index (χ0) is 39.6. The number of H-pyrrole nitrogens is 2. The molecule has 2 aromatic heterocycles. The number of aryl methyl sites for hydroxylation is 2. The van der Waals surface area contributed by atoms with E-state index in [1.165, 1.54) is 11.1 Å². The van der Waals surface area contributed by atoms with E-state index in [1.54, 1.807) is 0 Å². The van der Waals surface area contributed by atoms with Gasteiger partial charge in [-0.1, -0.05) is 60.7 Å². The molecule has 2 amide bonds. The van der Waals surface area contributed by atoms with Crippen LogP contribution < -0.4 is 10.6 Å². The summed E-state index contributed by atoms with van der Waals surface area (Å²) in [5.74, 6) is -0.00350. The van der Waals surface area contributed by atoms with Gasteiger partial charge in [-0.15, -0.1) is 0 Å². The van der Waals surface area contributed by atoms with Crippen LogP contribution in [0, 0.1) is 27.7 Å². The molecule has 2 aliphatic heterocycles. The fourth-order valence-corrected chi connectivity index (χ4v) is 7.77. The highest BCUT2D eigenvalue weighted by Crippen LogP contribution is 2.37. The minimum atomic E-state index is -0.0651. The van der Waals surface area contributed by atoms with Gasteiger partial charge >= 0.3 is 0 Å². The first-order chi connectivity index (χ1) is 26.2. The van der Waals surface area contributed by atoms with Crippen molar-refractivity contribution in [3.05, 3.63) is 151 Å². The predicted octanol–water partition coefficient (Wildman–Crippen LogP) is 9.77. The third-order valence-electron chi connectivity index (χ3n) is 11.3. The molecule has 6 rings (SSSR count). The Balaban J connectivity index is 1.16. The van der Waals surface area contributed by atoms with Crippen molar-refractivity contribution < 1.29 is 9.59 Å². The van der Waals surface area contributed by atoms with Crippen LogP contribution in [0.15, 0.2) is 104 Å². The van der Waals surface area contributed by atoms with Gasteiger partial charge in [0.25, 0.3) is 0 Å². The molecule has 2 atom stereocenters. The van der Waals surface area contributed by atoms with E-state index in [9.17, 15) is 9.59 Å². The van der Waals surface area contributed by atoms with Gasteiger partial charge in [-0.05, 0) is 137 Å². The van der Waals surface area contributed by atoms with Gasteiger partial charge < -0.3 is 20.6 Å². The van der Waals surface area contributed by atoms with E-state index in [0.29, 0.717) is 12.8 Å². The summed E-state index contributed by atoms with van der Waals surface area (Å²) in [5, 5.41) is 6.30. The van der Waals surface area contributed by atoms with E-state index in [0.717, 1.165) is 96.5 Å².